The van der Waals surface area contributed by atoms with Crippen LogP contribution in [-0.4, -0.2) is 30.6 Å². The Morgan fingerprint density at radius 2 is 2.10 bits per heavy atom. The SMILES string of the molecule is CCOc1cc2c(cc1O)CC[C@H]1[C@@H]3[C@@H](CCCC(=O)OC)CC(=O)[C@@]3(C)CC[C@H]21. The molecule has 0 amide bonds. The Labute approximate surface area is 179 Å². The van der Waals surface area contributed by atoms with Crippen molar-refractivity contribution in [2.75, 3.05) is 13.7 Å². The fourth-order valence-electron chi connectivity index (χ4n) is 6.79. The van der Waals surface area contributed by atoms with Crippen LogP contribution < -0.4 is 4.74 Å². The van der Waals surface area contributed by atoms with Crippen molar-refractivity contribution in [1.29, 1.82) is 0 Å². The predicted molar refractivity (Wildman–Crippen MR) is 114 cm³/mol. The van der Waals surface area contributed by atoms with Gasteiger partial charge >= 0.3 is 5.97 Å². The van der Waals surface area contributed by atoms with E-state index in [0.29, 0.717) is 54.7 Å². The number of methoxy groups -OCH3 is 1. The average molecular weight is 415 g/mol. The summed E-state index contributed by atoms with van der Waals surface area (Å²) in [5.41, 5.74) is 2.31. The minimum absolute atomic E-state index is 0.168. The number of ketones is 1. The van der Waals surface area contributed by atoms with E-state index in [-0.39, 0.29) is 17.1 Å². The lowest BCUT2D eigenvalue weighted by Crippen LogP contribution is -2.44. The van der Waals surface area contributed by atoms with E-state index in [0.717, 1.165) is 38.5 Å². The first-order chi connectivity index (χ1) is 14.4. The van der Waals surface area contributed by atoms with Crippen LogP contribution in [0.2, 0.25) is 0 Å². The van der Waals surface area contributed by atoms with Crippen molar-refractivity contribution in [3.8, 4) is 11.5 Å². The Morgan fingerprint density at radius 3 is 2.83 bits per heavy atom. The van der Waals surface area contributed by atoms with Gasteiger partial charge in [0.15, 0.2) is 11.5 Å². The van der Waals surface area contributed by atoms with E-state index >= 15 is 0 Å². The van der Waals surface area contributed by atoms with Crippen molar-refractivity contribution in [2.24, 2.45) is 23.2 Å². The van der Waals surface area contributed by atoms with Crippen molar-refractivity contribution < 1.29 is 24.2 Å². The Hall–Kier alpha value is -2.04. The number of hydrogen-bond donors (Lipinski definition) is 1. The van der Waals surface area contributed by atoms with Gasteiger partial charge in [0, 0.05) is 18.3 Å². The van der Waals surface area contributed by atoms with Crippen LogP contribution in [0.1, 0.15) is 75.8 Å². The third-order valence-corrected chi connectivity index (χ3v) is 8.13. The molecule has 0 saturated heterocycles. The first-order valence-electron chi connectivity index (χ1n) is 11.5. The lowest BCUT2D eigenvalue weighted by atomic mass is 9.54. The highest BCUT2D eigenvalue weighted by atomic mass is 16.5. The number of esters is 1. The van der Waals surface area contributed by atoms with E-state index in [1.54, 1.807) is 0 Å². The molecule has 3 aliphatic carbocycles. The first-order valence-corrected chi connectivity index (χ1v) is 11.5. The third kappa shape index (κ3) is 3.50. The number of fused-ring (bicyclic) bond motifs is 5. The number of carbonyl (C=O) groups is 2. The normalized spacial score (nSPS) is 32.2. The summed E-state index contributed by atoms with van der Waals surface area (Å²) < 4.78 is 10.5. The molecule has 5 atom stereocenters. The quantitative estimate of drug-likeness (QED) is 0.678. The van der Waals surface area contributed by atoms with Crippen molar-refractivity contribution in [1.82, 2.24) is 0 Å². The summed E-state index contributed by atoms with van der Waals surface area (Å²) >= 11 is 0. The summed E-state index contributed by atoms with van der Waals surface area (Å²) in [6.07, 6.45) is 6.72. The number of aromatic hydroxyl groups is 1. The van der Waals surface area contributed by atoms with Gasteiger partial charge in [-0.25, -0.2) is 0 Å². The molecule has 0 bridgehead atoms. The molecule has 30 heavy (non-hydrogen) atoms. The molecule has 3 aliphatic rings. The highest BCUT2D eigenvalue weighted by molar-refractivity contribution is 5.87. The summed E-state index contributed by atoms with van der Waals surface area (Å²) in [6.45, 7) is 4.64. The molecule has 5 heteroatoms. The lowest BCUT2D eigenvalue weighted by molar-refractivity contribution is -0.140. The van der Waals surface area contributed by atoms with E-state index in [4.69, 9.17) is 9.47 Å². The summed E-state index contributed by atoms with van der Waals surface area (Å²) in [7, 11) is 1.43. The zero-order valence-electron chi connectivity index (χ0n) is 18.4. The van der Waals surface area contributed by atoms with Crippen LogP contribution in [0.4, 0.5) is 0 Å². The molecule has 1 aromatic carbocycles. The minimum atomic E-state index is -0.228. The largest absolute Gasteiger partial charge is 0.504 e. The maximum atomic E-state index is 13.1. The monoisotopic (exact) mass is 414 g/mol. The smallest absolute Gasteiger partial charge is 0.305 e. The molecule has 2 fully saturated rings. The molecule has 5 nitrogen and oxygen atoms in total. The van der Waals surface area contributed by atoms with Crippen molar-refractivity contribution in [2.45, 2.75) is 71.1 Å². The van der Waals surface area contributed by atoms with Crippen LogP contribution in [0, 0.1) is 23.2 Å². The van der Waals surface area contributed by atoms with Gasteiger partial charge in [-0.05, 0) is 92.4 Å². The number of phenolic OH excluding ortho intramolecular Hbond substituents is 1. The number of phenols is 1. The standard InChI is InChI=1S/C25H34O5/c1-4-30-21-14-19-15(12-20(21)26)8-9-18-17(19)10-11-25(2)22(27)13-16(24(18)25)6-5-7-23(28)29-3/h12,14,16-18,24,26H,4-11,13H2,1-3H3/t16-,17-,18+,24-,25+/m0/s1. The zero-order valence-corrected chi connectivity index (χ0v) is 18.4. The number of rotatable bonds is 6. The van der Waals surface area contributed by atoms with Crippen LogP contribution >= 0.6 is 0 Å². The molecule has 2 saturated carbocycles. The number of benzene rings is 1. The molecular formula is C25H34O5. The number of carbonyl (C=O) groups excluding carboxylic acids is 2. The van der Waals surface area contributed by atoms with Gasteiger partial charge in [-0.2, -0.15) is 0 Å². The Morgan fingerprint density at radius 1 is 1.30 bits per heavy atom. The van der Waals surface area contributed by atoms with Gasteiger partial charge in [0.1, 0.15) is 5.78 Å². The summed E-state index contributed by atoms with van der Waals surface area (Å²) in [5.74, 6) is 2.67. The van der Waals surface area contributed by atoms with Crippen molar-refractivity contribution in [3.05, 3.63) is 23.3 Å². The molecule has 164 valence electrons. The van der Waals surface area contributed by atoms with Gasteiger partial charge in [-0.3, -0.25) is 9.59 Å². The molecule has 0 aliphatic heterocycles. The van der Waals surface area contributed by atoms with Crippen LogP contribution in [-0.2, 0) is 20.7 Å². The second kappa shape index (κ2) is 8.24. The van der Waals surface area contributed by atoms with E-state index in [2.05, 4.69) is 13.0 Å². The molecule has 0 aromatic heterocycles. The van der Waals surface area contributed by atoms with E-state index in [9.17, 15) is 14.7 Å². The molecule has 0 heterocycles. The van der Waals surface area contributed by atoms with Crippen LogP contribution in [0.25, 0.3) is 0 Å². The van der Waals surface area contributed by atoms with Gasteiger partial charge < -0.3 is 14.6 Å². The summed E-state index contributed by atoms with van der Waals surface area (Å²) in [5, 5.41) is 10.3. The van der Waals surface area contributed by atoms with Crippen molar-refractivity contribution >= 4 is 11.8 Å². The molecule has 0 unspecified atom stereocenters. The Kier molecular flexibility index (Phi) is 5.82. The second-order valence-corrected chi connectivity index (χ2v) is 9.60. The average Bonchev–Trinajstić information content (AvgIpc) is 2.98. The Balaban J connectivity index is 1.60. The topological polar surface area (TPSA) is 72.8 Å². The van der Waals surface area contributed by atoms with Crippen molar-refractivity contribution in [3.63, 3.8) is 0 Å². The first kappa shape index (κ1) is 21.2. The predicted octanol–water partition coefficient (Wildman–Crippen LogP) is 4.79. The van der Waals surface area contributed by atoms with E-state index in [1.807, 2.05) is 13.0 Å². The summed E-state index contributed by atoms with van der Waals surface area (Å²) in [6, 6.07) is 3.94. The third-order valence-electron chi connectivity index (χ3n) is 8.13. The molecule has 0 spiro atoms. The fraction of sp³-hybridized carbons (Fsp3) is 0.680. The van der Waals surface area contributed by atoms with Gasteiger partial charge in [0.05, 0.1) is 13.7 Å². The zero-order chi connectivity index (χ0) is 21.5. The number of aryl methyl sites for hydroxylation is 1. The summed E-state index contributed by atoms with van der Waals surface area (Å²) in [4.78, 5) is 24.6. The fourth-order valence-corrected chi connectivity index (χ4v) is 6.79. The number of Topliss-reactive ketones (excluding diaryl/α,β-unsaturated/α-hetero) is 1. The minimum Gasteiger partial charge on any atom is -0.504 e. The van der Waals surface area contributed by atoms with Crippen LogP contribution in [0.15, 0.2) is 12.1 Å². The van der Waals surface area contributed by atoms with Gasteiger partial charge in [-0.15, -0.1) is 0 Å². The van der Waals surface area contributed by atoms with Crippen LogP contribution in [0.3, 0.4) is 0 Å². The van der Waals surface area contributed by atoms with E-state index < -0.39 is 0 Å². The molecule has 1 aromatic rings. The molecular weight excluding hydrogens is 380 g/mol. The maximum absolute atomic E-state index is 13.1. The maximum Gasteiger partial charge on any atom is 0.305 e. The van der Waals surface area contributed by atoms with Gasteiger partial charge in [0.25, 0.3) is 0 Å². The lowest BCUT2D eigenvalue weighted by Gasteiger charge is -2.50. The van der Waals surface area contributed by atoms with Gasteiger partial charge in [-0.1, -0.05) is 6.92 Å². The Bertz CT molecular complexity index is 831. The number of ether oxygens (including phenoxy) is 2. The van der Waals surface area contributed by atoms with E-state index in [1.165, 1.54) is 18.2 Å². The van der Waals surface area contributed by atoms with Crippen LogP contribution in [0.5, 0.6) is 11.5 Å². The second-order valence-electron chi connectivity index (χ2n) is 9.60. The highest BCUT2D eigenvalue weighted by Crippen LogP contribution is 2.62. The molecule has 0 radical (unpaired) electrons. The van der Waals surface area contributed by atoms with Gasteiger partial charge in [0.2, 0.25) is 0 Å². The highest BCUT2D eigenvalue weighted by Gasteiger charge is 2.58. The molecule has 1 N–H and O–H groups in total. The molecule has 4 rings (SSSR count). The number of hydrogen-bond acceptors (Lipinski definition) is 5.